The Balaban J connectivity index is 1.60. The first-order chi connectivity index (χ1) is 13.2. The fraction of sp³-hybridized carbons (Fsp3) is 0.409. The molecule has 0 N–H and O–H groups in total. The van der Waals surface area contributed by atoms with Crippen LogP contribution >= 0.6 is 0 Å². The number of benzene rings is 2. The highest BCUT2D eigenvalue weighted by Crippen LogP contribution is 2.29. The summed E-state index contributed by atoms with van der Waals surface area (Å²) in [5.74, 6) is 1.71. The van der Waals surface area contributed by atoms with Crippen molar-refractivity contribution in [3.8, 4) is 11.5 Å². The summed E-state index contributed by atoms with van der Waals surface area (Å²) in [6.45, 7) is 7.58. The molecule has 1 heterocycles. The van der Waals surface area contributed by atoms with E-state index in [2.05, 4.69) is 11.0 Å². The normalized spacial score (nSPS) is 15.3. The van der Waals surface area contributed by atoms with Crippen LogP contribution in [-0.2, 0) is 4.79 Å². The van der Waals surface area contributed by atoms with Crippen molar-refractivity contribution in [2.24, 2.45) is 0 Å². The smallest absolute Gasteiger partial charge is 0.263 e. The van der Waals surface area contributed by atoms with Crippen LogP contribution in [0.25, 0.3) is 0 Å². The zero-order chi connectivity index (χ0) is 19.1. The first-order valence-electron chi connectivity index (χ1n) is 9.70. The lowest BCUT2D eigenvalue weighted by Gasteiger charge is -2.37. The molecule has 0 aliphatic carbocycles. The van der Waals surface area contributed by atoms with Gasteiger partial charge in [-0.1, -0.05) is 37.3 Å². The Morgan fingerprint density at radius 2 is 1.63 bits per heavy atom. The standard InChI is InChI=1S/C22H28N2O3/c1-3-20(27-18-10-6-5-7-11-18)22(25)24-16-14-23(15-17-24)19-12-8-9-13-21(19)26-4-2/h5-13,20H,3-4,14-17H2,1-2H3. The Kier molecular flexibility index (Phi) is 6.58. The predicted octanol–water partition coefficient (Wildman–Crippen LogP) is 3.59. The van der Waals surface area contributed by atoms with E-state index in [1.165, 1.54) is 0 Å². The molecule has 0 aromatic heterocycles. The number of para-hydroxylation sites is 3. The topological polar surface area (TPSA) is 42.0 Å². The minimum absolute atomic E-state index is 0.0686. The summed E-state index contributed by atoms with van der Waals surface area (Å²) < 4.78 is 11.7. The maximum absolute atomic E-state index is 12.9. The Morgan fingerprint density at radius 3 is 2.30 bits per heavy atom. The summed E-state index contributed by atoms with van der Waals surface area (Å²) >= 11 is 0. The molecule has 1 atom stereocenters. The maximum atomic E-state index is 12.9. The molecule has 0 bridgehead atoms. The van der Waals surface area contributed by atoms with Crippen molar-refractivity contribution in [2.45, 2.75) is 26.4 Å². The van der Waals surface area contributed by atoms with E-state index in [1.807, 2.05) is 67.3 Å². The van der Waals surface area contributed by atoms with Gasteiger partial charge in [-0.05, 0) is 37.6 Å². The van der Waals surface area contributed by atoms with Crippen LogP contribution in [0.1, 0.15) is 20.3 Å². The lowest BCUT2D eigenvalue weighted by Crippen LogP contribution is -2.52. The average Bonchev–Trinajstić information content (AvgIpc) is 2.73. The molecule has 1 saturated heterocycles. The quantitative estimate of drug-likeness (QED) is 0.749. The van der Waals surface area contributed by atoms with Crippen molar-refractivity contribution >= 4 is 11.6 Å². The maximum Gasteiger partial charge on any atom is 0.263 e. The van der Waals surface area contributed by atoms with Crippen molar-refractivity contribution in [2.75, 3.05) is 37.7 Å². The Labute approximate surface area is 161 Å². The van der Waals surface area contributed by atoms with Gasteiger partial charge in [0.25, 0.3) is 5.91 Å². The zero-order valence-corrected chi connectivity index (χ0v) is 16.1. The molecule has 5 nitrogen and oxygen atoms in total. The molecule has 1 aliphatic rings. The number of ether oxygens (including phenoxy) is 2. The second-order valence-corrected chi connectivity index (χ2v) is 6.54. The number of hydrogen-bond donors (Lipinski definition) is 0. The van der Waals surface area contributed by atoms with Gasteiger partial charge in [0.05, 0.1) is 12.3 Å². The van der Waals surface area contributed by atoms with Crippen LogP contribution in [-0.4, -0.2) is 49.7 Å². The van der Waals surface area contributed by atoms with Gasteiger partial charge in [-0.3, -0.25) is 4.79 Å². The minimum Gasteiger partial charge on any atom is -0.492 e. The van der Waals surface area contributed by atoms with Gasteiger partial charge in [-0.15, -0.1) is 0 Å². The molecule has 0 radical (unpaired) electrons. The first kappa shape index (κ1) is 19.1. The van der Waals surface area contributed by atoms with Crippen LogP contribution in [0.2, 0.25) is 0 Å². The summed E-state index contributed by atoms with van der Waals surface area (Å²) in [5, 5.41) is 0. The highest BCUT2D eigenvalue weighted by molar-refractivity contribution is 5.81. The van der Waals surface area contributed by atoms with Crippen LogP contribution in [0.3, 0.4) is 0 Å². The SMILES string of the molecule is CCOc1ccccc1N1CCN(C(=O)C(CC)Oc2ccccc2)CC1. The third kappa shape index (κ3) is 4.73. The number of hydrogen-bond acceptors (Lipinski definition) is 4. The molecule has 1 aliphatic heterocycles. The van der Waals surface area contributed by atoms with Gasteiger partial charge in [-0.2, -0.15) is 0 Å². The van der Waals surface area contributed by atoms with Gasteiger partial charge in [0.15, 0.2) is 6.10 Å². The van der Waals surface area contributed by atoms with E-state index in [4.69, 9.17) is 9.47 Å². The van der Waals surface area contributed by atoms with E-state index in [0.717, 1.165) is 30.3 Å². The van der Waals surface area contributed by atoms with Crippen molar-refractivity contribution < 1.29 is 14.3 Å². The molecular formula is C22H28N2O3. The van der Waals surface area contributed by atoms with Crippen molar-refractivity contribution in [1.82, 2.24) is 4.90 Å². The number of rotatable bonds is 7. The third-order valence-electron chi connectivity index (χ3n) is 4.76. The molecule has 1 unspecified atom stereocenters. The fourth-order valence-corrected chi connectivity index (χ4v) is 3.34. The molecule has 27 heavy (non-hydrogen) atoms. The molecule has 0 saturated carbocycles. The largest absolute Gasteiger partial charge is 0.492 e. The molecule has 144 valence electrons. The number of carbonyl (C=O) groups is 1. The van der Waals surface area contributed by atoms with Crippen LogP contribution in [0, 0.1) is 0 Å². The Hall–Kier alpha value is -2.69. The van der Waals surface area contributed by atoms with E-state index in [1.54, 1.807) is 0 Å². The average molecular weight is 368 g/mol. The molecule has 2 aromatic rings. The highest BCUT2D eigenvalue weighted by atomic mass is 16.5. The number of nitrogens with zero attached hydrogens (tertiary/aromatic N) is 2. The second kappa shape index (κ2) is 9.31. The van der Waals surface area contributed by atoms with Gasteiger partial charge in [-0.25, -0.2) is 0 Å². The van der Waals surface area contributed by atoms with E-state index < -0.39 is 6.10 Å². The number of anilines is 1. The van der Waals surface area contributed by atoms with Crippen LogP contribution < -0.4 is 14.4 Å². The minimum atomic E-state index is -0.435. The number of piperazine rings is 1. The molecule has 1 fully saturated rings. The van der Waals surface area contributed by atoms with E-state index in [0.29, 0.717) is 26.1 Å². The van der Waals surface area contributed by atoms with Crippen molar-refractivity contribution in [1.29, 1.82) is 0 Å². The monoisotopic (exact) mass is 368 g/mol. The lowest BCUT2D eigenvalue weighted by atomic mass is 10.2. The Morgan fingerprint density at radius 1 is 0.963 bits per heavy atom. The predicted molar refractivity (Wildman–Crippen MR) is 108 cm³/mol. The van der Waals surface area contributed by atoms with E-state index in [9.17, 15) is 4.79 Å². The van der Waals surface area contributed by atoms with Gasteiger partial charge in [0.1, 0.15) is 11.5 Å². The Bertz CT molecular complexity index is 727. The summed E-state index contributed by atoms with van der Waals surface area (Å²) in [6.07, 6.45) is 0.218. The lowest BCUT2D eigenvalue weighted by molar-refractivity contribution is -0.139. The van der Waals surface area contributed by atoms with Gasteiger partial charge >= 0.3 is 0 Å². The second-order valence-electron chi connectivity index (χ2n) is 6.54. The zero-order valence-electron chi connectivity index (χ0n) is 16.1. The molecule has 0 spiro atoms. The molecule has 1 amide bonds. The van der Waals surface area contributed by atoms with Gasteiger partial charge < -0.3 is 19.3 Å². The van der Waals surface area contributed by atoms with Crippen LogP contribution in [0.5, 0.6) is 11.5 Å². The van der Waals surface area contributed by atoms with Crippen molar-refractivity contribution in [3.63, 3.8) is 0 Å². The van der Waals surface area contributed by atoms with Crippen molar-refractivity contribution in [3.05, 3.63) is 54.6 Å². The van der Waals surface area contributed by atoms with Crippen LogP contribution in [0.15, 0.2) is 54.6 Å². The summed E-state index contributed by atoms with van der Waals surface area (Å²) in [5.41, 5.74) is 1.10. The number of carbonyl (C=O) groups excluding carboxylic acids is 1. The molecule has 5 heteroatoms. The summed E-state index contributed by atoms with van der Waals surface area (Å²) in [4.78, 5) is 17.1. The fourth-order valence-electron chi connectivity index (χ4n) is 3.34. The van der Waals surface area contributed by atoms with Crippen LogP contribution in [0.4, 0.5) is 5.69 Å². The summed E-state index contributed by atoms with van der Waals surface area (Å²) in [7, 11) is 0. The summed E-state index contributed by atoms with van der Waals surface area (Å²) in [6, 6.07) is 17.6. The highest BCUT2D eigenvalue weighted by Gasteiger charge is 2.28. The van der Waals surface area contributed by atoms with Gasteiger partial charge in [0, 0.05) is 26.2 Å². The first-order valence-corrected chi connectivity index (χ1v) is 9.70. The molecular weight excluding hydrogens is 340 g/mol. The van der Waals surface area contributed by atoms with E-state index in [-0.39, 0.29) is 5.91 Å². The molecule has 3 rings (SSSR count). The van der Waals surface area contributed by atoms with E-state index >= 15 is 0 Å². The molecule has 2 aromatic carbocycles. The third-order valence-corrected chi connectivity index (χ3v) is 4.76. The van der Waals surface area contributed by atoms with Gasteiger partial charge in [0.2, 0.25) is 0 Å². The number of amides is 1.